The van der Waals surface area contributed by atoms with Crippen LogP contribution in [-0.4, -0.2) is 4.70 Å². The van der Waals surface area contributed by atoms with E-state index in [1.807, 2.05) is 0 Å². The van der Waals surface area contributed by atoms with Crippen LogP contribution in [0, 0.1) is 0 Å². The Labute approximate surface area is 730 Å². The molecule has 0 spiro atoms. The van der Waals surface area contributed by atoms with Crippen LogP contribution >= 0.6 is 0 Å². The molecule has 0 saturated carbocycles. The molecular weight excluding hydrogens is 1430 g/mol. The van der Waals surface area contributed by atoms with Crippen LogP contribution in [0.25, 0.3) is 16.9 Å². The predicted octanol–water partition coefficient (Wildman–Crippen LogP) is 41.5. The standard InChI is InChI=1S/C52H84N2.2C30H61.Ni/c1-5-9-13-14-15-16-17-18-19-20-21-22-23-24-25-26-27-28-29-30-32-36-50-49(35-31-10-6-2)51(47-41-37-45(38-42-47)33-11-7-3)54(53)52(50)48-43-39-46(40-44-48)34-12-8-4;2*1-3-5-7-9-11-13-15-17-19-21-23-25-27-29-30-28-26-24-22-20-18-16-14-12-10-8-6-4-2;/h37-44H,5-36H2,1-4H3;2*1,3-30H2,2H3;. The number of nitrogens with zero attached hydrogens (tertiary/aromatic N) is 2. The van der Waals surface area contributed by atoms with Crippen molar-refractivity contribution in [3.8, 4) is 0 Å². The van der Waals surface area contributed by atoms with Gasteiger partial charge in [-0.2, -0.15) is 0 Å². The van der Waals surface area contributed by atoms with Gasteiger partial charge in [0.1, 0.15) is 0 Å². The van der Waals surface area contributed by atoms with E-state index in [-0.39, 0.29) is 0 Å². The molecule has 2 aromatic rings. The summed E-state index contributed by atoms with van der Waals surface area (Å²) in [6.45, 7) is 13.7. The Morgan fingerprint density at radius 1 is 0.174 bits per heavy atom. The van der Waals surface area contributed by atoms with Gasteiger partial charge in [0.15, 0.2) is 0 Å². The third kappa shape index (κ3) is 69.2. The van der Waals surface area contributed by atoms with Crippen molar-refractivity contribution in [1.82, 2.24) is 0 Å². The molecule has 0 radical (unpaired) electrons. The first kappa shape index (κ1) is 109. The third-order valence-electron chi connectivity index (χ3n) is 26.2. The smallest absolute Gasteiger partial charge is 0.0654 e. The second-order valence-corrected chi connectivity index (χ2v) is 38.9. The van der Waals surface area contributed by atoms with Crippen molar-refractivity contribution in [3.05, 3.63) is 87.5 Å². The quantitative estimate of drug-likeness (QED) is 0.0358. The van der Waals surface area contributed by atoms with Crippen LogP contribution in [0.5, 0.6) is 0 Å². The van der Waals surface area contributed by atoms with Gasteiger partial charge in [-0.05, 0) is 86.8 Å². The minimum Gasteiger partial charge on any atom is -0.0654 e. The van der Waals surface area contributed by atoms with Gasteiger partial charge >= 0.3 is 166 Å². The first-order valence-corrected chi connectivity index (χ1v) is 55.0. The molecule has 3 heteroatoms. The fourth-order valence-electron chi connectivity index (χ4n) is 18.2. The van der Waals surface area contributed by atoms with Gasteiger partial charge in [-0.3, -0.25) is 0 Å². The average molecular weight is 1640 g/mol. The molecule has 0 unspecified atom stereocenters. The number of aryl methyl sites for hydroxylation is 2. The SMILES string of the molecule is CCCCCCCCCCCCCCCCCCCCCCCC1=C(c2ccc(CCCC)cc2)[N+](=[N-])C(c2ccc(CCCC)cc2)=C1CCCCC.CCCCCCCCCCCCCCCCCCCCCCCCCCCCC[CH2][Ni][CH2]CCCCCCCCCCCCCCCCCCCCCCCCCCCCC. The number of hydrogen-bond donors (Lipinski definition) is 0. The van der Waals surface area contributed by atoms with E-state index in [0.717, 1.165) is 48.2 Å². The average Bonchev–Trinajstić information content (AvgIpc) is 1.61. The summed E-state index contributed by atoms with van der Waals surface area (Å²) < 4.78 is 1.58. The van der Waals surface area contributed by atoms with Crippen LogP contribution in [0.2, 0.25) is 10.8 Å². The van der Waals surface area contributed by atoms with Gasteiger partial charge in [0.2, 0.25) is 11.4 Å². The summed E-state index contributed by atoms with van der Waals surface area (Å²) in [6.07, 6.45) is 126. The fourth-order valence-corrected chi connectivity index (χ4v) is 19.5. The zero-order chi connectivity index (χ0) is 82.2. The molecule has 0 amide bonds. The summed E-state index contributed by atoms with van der Waals surface area (Å²) in [5, 5.41) is 2.87. The van der Waals surface area contributed by atoms with Crippen molar-refractivity contribution in [2.45, 2.75) is 617 Å². The van der Waals surface area contributed by atoms with Crippen molar-refractivity contribution in [1.29, 1.82) is 0 Å². The maximum absolute atomic E-state index is 12.1. The van der Waals surface area contributed by atoms with Gasteiger partial charge in [-0.15, -0.1) is 0 Å². The van der Waals surface area contributed by atoms with E-state index < -0.39 is 0 Å². The molecule has 0 atom stereocenters. The van der Waals surface area contributed by atoms with Gasteiger partial charge in [0.25, 0.3) is 0 Å². The van der Waals surface area contributed by atoms with E-state index in [1.54, 1.807) is 4.70 Å². The van der Waals surface area contributed by atoms with Crippen LogP contribution in [0.15, 0.2) is 59.7 Å². The van der Waals surface area contributed by atoms with Gasteiger partial charge < -0.3 is 5.53 Å². The molecule has 0 fully saturated rings. The van der Waals surface area contributed by atoms with E-state index >= 15 is 0 Å². The minimum atomic E-state index is 1.02. The summed E-state index contributed by atoms with van der Waals surface area (Å²) >= 11 is 2.06. The molecule has 0 aromatic heterocycles. The molecule has 2 nitrogen and oxygen atoms in total. The molecule has 0 bridgehead atoms. The van der Waals surface area contributed by atoms with Crippen molar-refractivity contribution >= 4 is 11.4 Å². The maximum atomic E-state index is 12.1. The topological polar surface area (TPSA) is 25.3 Å². The van der Waals surface area contributed by atoms with Crippen molar-refractivity contribution in [3.63, 3.8) is 0 Å². The van der Waals surface area contributed by atoms with Crippen molar-refractivity contribution in [2.75, 3.05) is 0 Å². The number of unbranched alkanes of at least 4 members (excludes halogenated alkanes) is 78. The van der Waals surface area contributed by atoms with Gasteiger partial charge in [0, 0.05) is 22.3 Å². The zero-order valence-corrected chi connectivity index (χ0v) is 80.5. The molecule has 1 aliphatic heterocycles. The predicted molar refractivity (Wildman–Crippen MR) is 518 cm³/mol. The Kier molecular flexibility index (Phi) is 85.1. The molecule has 3 rings (SSSR count). The first-order valence-electron chi connectivity index (χ1n) is 53.6. The Hall–Kier alpha value is -1.99. The summed E-state index contributed by atoms with van der Waals surface area (Å²) in [7, 11) is 0. The van der Waals surface area contributed by atoms with E-state index in [1.165, 1.54) is 572 Å². The van der Waals surface area contributed by atoms with Crippen LogP contribution in [0.3, 0.4) is 0 Å². The number of benzene rings is 2. The number of allylic oxidation sites excluding steroid dienone is 2. The molecule has 0 saturated heterocycles. The monoisotopic (exact) mass is 1640 g/mol. The van der Waals surface area contributed by atoms with E-state index in [9.17, 15) is 5.53 Å². The normalized spacial score (nSPS) is 12.5. The molecule has 1 aliphatic rings. The van der Waals surface area contributed by atoms with E-state index in [0.29, 0.717) is 0 Å². The van der Waals surface area contributed by atoms with E-state index in [2.05, 4.69) is 105 Å². The second kappa shape index (κ2) is 89.8. The molecular formula is C112H206N2Ni. The number of hydrogen-bond acceptors (Lipinski definition) is 0. The summed E-state index contributed by atoms with van der Waals surface area (Å²) in [5.41, 5.74) is 22.0. The van der Waals surface area contributed by atoms with Crippen LogP contribution in [0.1, 0.15) is 616 Å². The summed E-state index contributed by atoms with van der Waals surface area (Å²) in [4.78, 5) is 0. The first-order chi connectivity index (χ1) is 57.1. The van der Waals surface area contributed by atoms with Gasteiger partial charge in [0.05, 0.1) is 0 Å². The zero-order valence-electron chi connectivity index (χ0n) is 79.5. The Morgan fingerprint density at radius 3 is 0.504 bits per heavy atom. The van der Waals surface area contributed by atoms with Crippen LogP contribution in [-0.2, 0) is 27.3 Å². The molecule has 0 N–H and O–H groups in total. The van der Waals surface area contributed by atoms with Gasteiger partial charge in [-0.25, -0.2) is 4.70 Å². The Balaban J connectivity index is 0.000000785. The molecule has 2 aromatic carbocycles. The molecule has 674 valence electrons. The van der Waals surface area contributed by atoms with Crippen molar-refractivity contribution < 1.29 is 19.1 Å². The van der Waals surface area contributed by atoms with E-state index in [4.69, 9.17) is 0 Å². The van der Waals surface area contributed by atoms with Crippen LogP contribution in [0.4, 0.5) is 0 Å². The summed E-state index contributed by atoms with van der Waals surface area (Å²) in [6, 6.07) is 18.2. The molecule has 0 aliphatic carbocycles. The van der Waals surface area contributed by atoms with Crippen molar-refractivity contribution in [2.24, 2.45) is 0 Å². The fraction of sp³-hybridized carbons (Fsp3) is 0.857. The molecule has 115 heavy (non-hydrogen) atoms. The Morgan fingerprint density at radius 2 is 0.322 bits per heavy atom. The van der Waals surface area contributed by atoms with Crippen LogP contribution < -0.4 is 0 Å². The minimum absolute atomic E-state index is 1.02. The third-order valence-corrected chi connectivity index (χ3v) is 27.6. The second-order valence-electron chi connectivity index (χ2n) is 37.4. The summed E-state index contributed by atoms with van der Waals surface area (Å²) in [5.74, 6) is 0. The Bertz CT molecular complexity index is 2260. The number of rotatable bonds is 92. The molecule has 1 heterocycles. The van der Waals surface area contributed by atoms with Gasteiger partial charge in [-0.1, -0.05) is 438 Å².